The zero-order valence-corrected chi connectivity index (χ0v) is 13.1. The summed E-state index contributed by atoms with van der Waals surface area (Å²) in [6.07, 6.45) is 2.75. The van der Waals surface area contributed by atoms with E-state index in [9.17, 15) is 0 Å². The quantitative estimate of drug-likeness (QED) is 0.813. The van der Waals surface area contributed by atoms with Gasteiger partial charge in [-0.1, -0.05) is 68.4 Å². The standard InChI is InChI=1S/C20H25N/c1-20(2,19-9-4-3-5-10-19)15-21-14-16-7-6-8-18(13-16)17-11-12-17/h3-10,13,17,21H,11-12,14-15H2,1-2H3. The van der Waals surface area contributed by atoms with Crippen LogP contribution in [0.1, 0.15) is 49.3 Å². The number of hydrogen-bond donors (Lipinski definition) is 1. The highest BCUT2D eigenvalue weighted by Gasteiger charge is 2.23. The van der Waals surface area contributed by atoms with Crippen LogP contribution >= 0.6 is 0 Å². The molecule has 0 unspecified atom stereocenters. The van der Waals surface area contributed by atoms with Crippen molar-refractivity contribution in [2.75, 3.05) is 6.54 Å². The molecule has 110 valence electrons. The summed E-state index contributed by atoms with van der Waals surface area (Å²) in [6.45, 7) is 6.55. The van der Waals surface area contributed by atoms with E-state index in [0.717, 1.165) is 19.0 Å². The smallest absolute Gasteiger partial charge is 0.0205 e. The Morgan fingerprint density at radius 3 is 2.48 bits per heavy atom. The molecule has 0 aliphatic heterocycles. The van der Waals surface area contributed by atoms with Crippen molar-refractivity contribution in [1.29, 1.82) is 0 Å². The summed E-state index contributed by atoms with van der Waals surface area (Å²) in [5, 5.41) is 3.63. The van der Waals surface area contributed by atoms with Crippen LogP contribution in [-0.2, 0) is 12.0 Å². The summed E-state index contributed by atoms with van der Waals surface area (Å²) < 4.78 is 0. The summed E-state index contributed by atoms with van der Waals surface area (Å²) in [5.74, 6) is 0.839. The van der Waals surface area contributed by atoms with Gasteiger partial charge in [0.1, 0.15) is 0 Å². The molecule has 1 nitrogen and oxygen atoms in total. The van der Waals surface area contributed by atoms with E-state index >= 15 is 0 Å². The summed E-state index contributed by atoms with van der Waals surface area (Å²) in [4.78, 5) is 0. The average molecular weight is 279 g/mol. The monoisotopic (exact) mass is 279 g/mol. The van der Waals surface area contributed by atoms with Crippen LogP contribution in [0.15, 0.2) is 54.6 Å². The molecular formula is C20H25N. The summed E-state index contributed by atoms with van der Waals surface area (Å²) >= 11 is 0. The maximum atomic E-state index is 3.63. The van der Waals surface area contributed by atoms with E-state index in [-0.39, 0.29) is 5.41 Å². The van der Waals surface area contributed by atoms with Crippen LogP contribution in [0.2, 0.25) is 0 Å². The Morgan fingerprint density at radius 1 is 1.00 bits per heavy atom. The SMILES string of the molecule is CC(C)(CNCc1cccc(C2CC2)c1)c1ccccc1. The minimum absolute atomic E-state index is 0.162. The van der Waals surface area contributed by atoms with E-state index in [1.165, 1.54) is 29.5 Å². The first kappa shape index (κ1) is 14.3. The minimum Gasteiger partial charge on any atom is -0.312 e. The second kappa shape index (κ2) is 6.03. The third-order valence-corrected chi connectivity index (χ3v) is 4.45. The Bertz CT molecular complexity index is 582. The van der Waals surface area contributed by atoms with Gasteiger partial charge in [0.05, 0.1) is 0 Å². The van der Waals surface area contributed by atoms with Crippen LogP contribution in [0.3, 0.4) is 0 Å². The molecule has 21 heavy (non-hydrogen) atoms. The van der Waals surface area contributed by atoms with E-state index < -0.39 is 0 Å². The lowest BCUT2D eigenvalue weighted by molar-refractivity contribution is 0.469. The molecule has 3 rings (SSSR count). The molecular weight excluding hydrogens is 254 g/mol. The Kier molecular flexibility index (Phi) is 4.12. The number of hydrogen-bond acceptors (Lipinski definition) is 1. The van der Waals surface area contributed by atoms with E-state index in [4.69, 9.17) is 0 Å². The predicted octanol–water partition coefficient (Wildman–Crippen LogP) is 4.63. The molecule has 0 bridgehead atoms. The third-order valence-electron chi connectivity index (χ3n) is 4.45. The van der Waals surface area contributed by atoms with Gasteiger partial charge in [0.25, 0.3) is 0 Å². The molecule has 0 atom stereocenters. The van der Waals surface area contributed by atoms with Crippen LogP contribution < -0.4 is 5.32 Å². The van der Waals surface area contributed by atoms with Crippen LogP contribution in [0.25, 0.3) is 0 Å². The van der Waals surface area contributed by atoms with Crippen LogP contribution in [0.5, 0.6) is 0 Å². The van der Waals surface area contributed by atoms with Crippen molar-refractivity contribution in [3.05, 3.63) is 71.3 Å². The van der Waals surface area contributed by atoms with Gasteiger partial charge in [0, 0.05) is 18.5 Å². The first-order chi connectivity index (χ1) is 10.1. The summed E-state index contributed by atoms with van der Waals surface area (Å²) in [5.41, 5.74) is 4.49. The van der Waals surface area contributed by atoms with Gasteiger partial charge in [0.2, 0.25) is 0 Å². The van der Waals surface area contributed by atoms with Crippen molar-refractivity contribution in [2.24, 2.45) is 0 Å². The summed E-state index contributed by atoms with van der Waals surface area (Å²) in [6, 6.07) is 19.8. The summed E-state index contributed by atoms with van der Waals surface area (Å²) in [7, 11) is 0. The molecule has 1 aliphatic carbocycles. The molecule has 1 N–H and O–H groups in total. The molecule has 0 heterocycles. The molecule has 1 fully saturated rings. The lowest BCUT2D eigenvalue weighted by Crippen LogP contribution is -2.32. The molecule has 2 aromatic rings. The second-order valence-corrected chi connectivity index (χ2v) is 6.87. The van der Waals surface area contributed by atoms with Crippen molar-refractivity contribution < 1.29 is 0 Å². The molecule has 0 radical (unpaired) electrons. The van der Waals surface area contributed by atoms with E-state index in [2.05, 4.69) is 73.8 Å². The van der Waals surface area contributed by atoms with Gasteiger partial charge in [-0.2, -0.15) is 0 Å². The maximum Gasteiger partial charge on any atom is 0.0205 e. The molecule has 1 heteroatoms. The average Bonchev–Trinajstić information content (AvgIpc) is 3.33. The number of rotatable bonds is 6. The van der Waals surface area contributed by atoms with Crippen molar-refractivity contribution in [3.63, 3.8) is 0 Å². The highest BCUT2D eigenvalue weighted by Crippen LogP contribution is 2.40. The van der Waals surface area contributed by atoms with Gasteiger partial charge < -0.3 is 5.32 Å². The molecule has 2 aromatic carbocycles. The fourth-order valence-corrected chi connectivity index (χ4v) is 2.88. The van der Waals surface area contributed by atoms with Crippen LogP contribution in [0.4, 0.5) is 0 Å². The fourth-order valence-electron chi connectivity index (χ4n) is 2.88. The number of benzene rings is 2. The maximum absolute atomic E-state index is 3.63. The van der Waals surface area contributed by atoms with E-state index in [0.29, 0.717) is 0 Å². The Balaban J connectivity index is 1.57. The lowest BCUT2D eigenvalue weighted by Gasteiger charge is -2.26. The predicted molar refractivity (Wildman–Crippen MR) is 89.6 cm³/mol. The van der Waals surface area contributed by atoms with Gasteiger partial charge in [-0.3, -0.25) is 0 Å². The first-order valence-corrected chi connectivity index (χ1v) is 8.00. The van der Waals surface area contributed by atoms with Crippen molar-refractivity contribution in [3.8, 4) is 0 Å². The normalized spacial score (nSPS) is 15.1. The van der Waals surface area contributed by atoms with Crippen LogP contribution in [0, 0.1) is 0 Å². The largest absolute Gasteiger partial charge is 0.312 e. The highest BCUT2D eigenvalue weighted by molar-refractivity contribution is 5.29. The van der Waals surface area contributed by atoms with E-state index in [1.54, 1.807) is 0 Å². The number of nitrogens with one attached hydrogen (secondary N) is 1. The Hall–Kier alpha value is -1.60. The van der Waals surface area contributed by atoms with Gasteiger partial charge in [-0.05, 0) is 35.4 Å². The van der Waals surface area contributed by atoms with Crippen molar-refractivity contribution in [2.45, 2.75) is 44.6 Å². The zero-order valence-electron chi connectivity index (χ0n) is 13.1. The fraction of sp³-hybridized carbons (Fsp3) is 0.400. The highest BCUT2D eigenvalue weighted by atomic mass is 14.9. The topological polar surface area (TPSA) is 12.0 Å². The van der Waals surface area contributed by atoms with Gasteiger partial charge >= 0.3 is 0 Å². The molecule has 1 saturated carbocycles. The van der Waals surface area contributed by atoms with Gasteiger partial charge in [-0.15, -0.1) is 0 Å². The first-order valence-electron chi connectivity index (χ1n) is 8.00. The second-order valence-electron chi connectivity index (χ2n) is 6.87. The zero-order chi connectivity index (χ0) is 14.7. The Morgan fingerprint density at radius 2 is 1.76 bits per heavy atom. The Labute approximate surface area is 128 Å². The van der Waals surface area contributed by atoms with Gasteiger partial charge in [0.15, 0.2) is 0 Å². The third kappa shape index (κ3) is 3.74. The van der Waals surface area contributed by atoms with Crippen molar-refractivity contribution in [1.82, 2.24) is 5.32 Å². The molecule has 0 spiro atoms. The van der Waals surface area contributed by atoms with E-state index in [1.807, 2.05) is 0 Å². The van der Waals surface area contributed by atoms with Gasteiger partial charge in [-0.25, -0.2) is 0 Å². The molecule has 0 aromatic heterocycles. The molecule has 1 aliphatic rings. The molecule has 0 amide bonds. The molecule has 0 saturated heterocycles. The minimum atomic E-state index is 0.162. The lowest BCUT2D eigenvalue weighted by atomic mass is 9.84. The van der Waals surface area contributed by atoms with Crippen molar-refractivity contribution >= 4 is 0 Å². The van der Waals surface area contributed by atoms with Crippen LogP contribution in [-0.4, -0.2) is 6.54 Å².